The summed E-state index contributed by atoms with van der Waals surface area (Å²) in [5, 5.41) is 9.93. The van der Waals surface area contributed by atoms with Crippen LogP contribution in [0.3, 0.4) is 0 Å². The van der Waals surface area contributed by atoms with Gasteiger partial charge in [-0.2, -0.15) is 5.26 Å². The van der Waals surface area contributed by atoms with Crippen LogP contribution in [0.1, 0.15) is 29.7 Å². The Balaban J connectivity index is 1.55. The summed E-state index contributed by atoms with van der Waals surface area (Å²) in [5.74, 6) is -0.639. The Morgan fingerprint density at radius 3 is 2.14 bits per heavy atom. The van der Waals surface area contributed by atoms with E-state index in [1.165, 1.54) is 28.8 Å². The number of hydrogen-bond acceptors (Lipinski definition) is 5. The molecule has 2 aromatic carbocycles. The number of rotatable bonds is 4. The maximum atomic E-state index is 13.7. The second kappa shape index (κ2) is 10.0. The molecule has 3 heterocycles. The summed E-state index contributed by atoms with van der Waals surface area (Å²) >= 11 is 3.42. The lowest BCUT2D eigenvalue weighted by Crippen LogP contribution is -2.53. The van der Waals surface area contributed by atoms with E-state index in [1.54, 1.807) is 37.4 Å². The second-order valence-corrected chi connectivity index (χ2v) is 10.1. The molecular formula is C28H24BrF2N5O. The summed E-state index contributed by atoms with van der Waals surface area (Å²) in [6, 6.07) is 18.2. The quantitative estimate of drug-likeness (QED) is 0.321. The first-order valence-electron chi connectivity index (χ1n) is 11.9. The summed E-state index contributed by atoms with van der Waals surface area (Å²) in [6.45, 7) is 3.74. The molecule has 9 heteroatoms. The fourth-order valence-corrected chi connectivity index (χ4v) is 5.51. The number of nitriles is 1. The zero-order valence-electron chi connectivity index (χ0n) is 20.3. The van der Waals surface area contributed by atoms with Gasteiger partial charge in [-0.25, -0.2) is 13.8 Å². The molecule has 4 aromatic rings. The highest BCUT2D eigenvalue weighted by molar-refractivity contribution is 9.10. The summed E-state index contributed by atoms with van der Waals surface area (Å²) in [5.41, 5.74) is 3.27. The van der Waals surface area contributed by atoms with Crippen LogP contribution in [0.2, 0.25) is 0 Å². The van der Waals surface area contributed by atoms with E-state index in [9.17, 15) is 18.8 Å². The third kappa shape index (κ3) is 4.63. The number of piperazine rings is 1. The van der Waals surface area contributed by atoms with Crippen LogP contribution in [0.15, 0.2) is 70.1 Å². The van der Waals surface area contributed by atoms with E-state index in [4.69, 9.17) is 0 Å². The van der Waals surface area contributed by atoms with Gasteiger partial charge in [0.05, 0.1) is 17.2 Å². The molecule has 6 nitrogen and oxygen atoms in total. The molecule has 2 aromatic heterocycles. The van der Waals surface area contributed by atoms with Crippen molar-refractivity contribution in [1.82, 2.24) is 14.5 Å². The van der Waals surface area contributed by atoms with Crippen molar-refractivity contribution in [3.8, 4) is 6.07 Å². The molecule has 0 N–H and O–H groups in total. The number of aryl methyl sites for hydroxylation is 1. The van der Waals surface area contributed by atoms with Crippen LogP contribution in [-0.2, 0) is 7.05 Å². The maximum absolute atomic E-state index is 13.7. The van der Waals surface area contributed by atoms with Gasteiger partial charge in [-0.1, -0.05) is 24.3 Å². The fourth-order valence-electron chi connectivity index (χ4n) is 5.20. The lowest BCUT2D eigenvalue weighted by molar-refractivity contribution is 0.150. The number of nitrogens with zero attached hydrogens (tertiary/aromatic N) is 5. The molecule has 1 aliphatic heterocycles. The topological polar surface area (TPSA) is 65.2 Å². The normalized spacial score (nSPS) is 16.4. The van der Waals surface area contributed by atoms with Crippen LogP contribution in [0.4, 0.5) is 14.5 Å². The number of hydrogen-bond donors (Lipinski definition) is 0. The summed E-state index contributed by atoms with van der Waals surface area (Å²) in [6.07, 6.45) is 0. The first kappa shape index (κ1) is 25.1. The zero-order chi connectivity index (χ0) is 26.3. The van der Waals surface area contributed by atoms with Gasteiger partial charge < -0.3 is 9.47 Å². The molecule has 0 saturated carbocycles. The Morgan fingerprint density at radius 2 is 1.59 bits per heavy atom. The lowest BCUT2D eigenvalue weighted by Gasteiger charge is -2.45. The van der Waals surface area contributed by atoms with E-state index in [2.05, 4.69) is 43.7 Å². The second-order valence-electron chi connectivity index (χ2n) is 9.24. The van der Waals surface area contributed by atoms with Crippen LogP contribution >= 0.6 is 15.9 Å². The fraction of sp³-hybridized carbons (Fsp3) is 0.250. The molecule has 0 unspecified atom stereocenters. The first-order valence-corrected chi connectivity index (χ1v) is 12.7. The van der Waals surface area contributed by atoms with Gasteiger partial charge in [-0.3, -0.25) is 9.69 Å². The van der Waals surface area contributed by atoms with Gasteiger partial charge in [0, 0.05) is 32.7 Å². The molecule has 0 spiro atoms. The van der Waals surface area contributed by atoms with Crippen molar-refractivity contribution in [3.63, 3.8) is 0 Å². The molecule has 1 saturated heterocycles. The number of pyridine rings is 2. The van der Waals surface area contributed by atoms with E-state index >= 15 is 0 Å². The Hall–Kier alpha value is -3.61. The highest BCUT2D eigenvalue weighted by Gasteiger charge is 2.34. The van der Waals surface area contributed by atoms with Gasteiger partial charge >= 0.3 is 0 Å². The minimum atomic E-state index is -0.361. The Kier molecular flexibility index (Phi) is 6.80. The van der Waals surface area contributed by atoms with Gasteiger partial charge in [-0.15, -0.1) is 0 Å². The highest BCUT2D eigenvalue weighted by Crippen LogP contribution is 2.35. The predicted octanol–water partition coefficient (Wildman–Crippen LogP) is 5.15. The minimum absolute atomic E-state index is 0.0216. The minimum Gasteiger partial charge on any atom is -0.366 e. The molecule has 5 rings (SSSR count). The zero-order valence-corrected chi connectivity index (χ0v) is 21.9. The molecule has 188 valence electrons. The number of fused-ring (bicyclic) bond motifs is 1. The number of halogens is 3. The summed E-state index contributed by atoms with van der Waals surface area (Å²) in [7, 11) is 1.64. The average molecular weight is 564 g/mol. The summed E-state index contributed by atoms with van der Waals surface area (Å²) in [4.78, 5) is 22.0. The van der Waals surface area contributed by atoms with E-state index in [0.717, 1.165) is 11.1 Å². The van der Waals surface area contributed by atoms with Crippen molar-refractivity contribution in [2.45, 2.75) is 19.0 Å². The van der Waals surface area contributed by atoms with Crippen molar-refractivity contribution in [2.24, 2.45) is 7.05 Å². The average Bonchev–Trinajstić information content (AvgIpc) is 2.89. The largest absolute Gasteiger partial charge is 0.366 e. The molecule has 37 heavy (non-hydrogen) atoms. The van der Waals surface area contributed by atoms with Crippen LogP contribution < -0.4 is 10.5 Å². The van der Waals surface area contributed by atoms with Gasteiger partial charge in [0.25, 0.3) is 5.56 Å². The van der Waals surface area contributed by atoms with Crippen molar-refractivity contribution in [2.75, 3.05) is 24.5 Å². The molecule has 1 atom stereocenters. The predicted molar refractivity (Wildman–Crippen MR) is 142 cm³/mol. The van der Waals surface area contributed by atoms with E-state index in [1.807, 2.05) is 6.07 Å². The highest BCUT2D eigenvalue weighted by atomic mass is 79.9. The first-order chi connectivity index (χ1) is 17.8. The molecule has 0 amide bonds. The molecule has 0 bridgehead atoms. The van der Waals surface area contributed by atoms with Crippen LogP contribution in [0, 0.1) is 23.0 Å². The van der Waals surface area contributed by atoms with E-state index in [-0.39, 0.29) is 34.8 Å². The number of benzene rings is 2. The molecule has 0 radical (unpaired) electrons. The van der Waals surface area contributed by atoms with Crippen molar-refractivity contribution >= 4 is 32.7 Å². The standard InChI is InChI=1S/C28H24BrF2N5O/c1-17-16-35(27-22(15-32)28(37)34(2)23-11-12-24(29)33-25(23)27)13-14-36(17)26(18-3-7-20(30)8-4-18)19-5-9-21(31)10-6-19/h3-12,17,26H,13-14,16H2,1-2H3/t17-/m1/s1. The molecular weight excluding hydrogens is 540 g/mol. The number of anilines is 1. The molecule has 1 fully saturated rings. The van der Waals surface area contributed by atoms with E-state index in [0.29, 0.717) is 41.0 Å². The van der Waals surface area contributed by atoms with Gasteiger partial charge in [0.15, 0.2) is 0 Å². The third-order valence-corrected chi connectivity index (χ3v) is 7.43. The van der Waals surface area contributed by atoms with Crippen molar-refractivity contribution in [1.29, 1.82) is 5.26 Å². The lowest BCUT2D eigenvalue weighted by atomic mass is 9.94. The Morgan fingerprint density at radius 1 is 1.00 bits per heavy atom. The molecule has 1 aliphatic rings. The van der Waals surface area contributed by atoms with Crippen LogP contribution in [0.25, 0.3) is 11.0 Å². The van der Waals surface area contributed by atoms with Gasteiger partial charge in [0.1, 0.15) is 33.4 Å². The van der Waals surface area contributed by atoms with E-state index < -0.39 is 0 Å². The smallest absolute Gasteiger partial charge is 0.270 e. The Labute approximate surface area is 221 Å². The maximum Gasteiger partial charge on any atom is 0.270 e. The Bertz CT molecular complexity index is 1520. The van der Waals surface area contributed by atoms with Crippen LogP contribution in [0.5, 0.6) is 0 Å². The van der Waals surface area contributed by atoms with Crippen LogP contribution in [-0.4, -0.2) is 40.1 Å². The third-order valence-electron chi connectivity index (χ3n) is 6.99. The molecule has 0 aliphatic carbocycles. The van der Waals surface area contributed by atoms with Gasteiger partial charge in [0.2, 0.25) is 0 Å². The van der Waals surface area contributed by atoms with Crippen molar-refractivity contribution in [3.05, 3.63) is 104 Å². The van der Waals surface area contributed by atoms with Crippen molar-refractivity contribution < 1.29 is 8.78 Å². The van der Waals surface area contributed by atoms with Gasteiger partial charge in [-0.05, 0) is 70.4 Å². The SMILES string of the molecule is C[C@@H]1CN(c2c(C#N)c(=O)n(C)c3ccc(Br)nc23)CCN1C(c1ccc(F)cc1)c1ccc(F)cc1. The summed E-state index contributed by atoms with van der Waals surface area (Å²) < 4.78 is 29.5. The monoisotopic (exact) mass is 563 g/mol. The number of aromatic nitrogens is 2.